The number of carbonyl (C=O) groups excluding carboxylic acids is 1. The van der Waals surface area contributed by atoms with Crippen LogP contribution in [0.4, 0.5) is 0 Å². The van der Waals surface area contributed by atoms with Crippen molar-refractivity contribution in [3.05, 3.63) is 0 Å². The molecule has 0 aromatic carbocycles. The summed E-state index contributed by atoms with van der Waals surface area (Å²) in [4.78, 5) is 11.7. The van der Waals surface area contributed by atoms with Crippen LogP contribution in [0.15, 0.2) is 0 Å². The molecule has 0 bridgehead atoms. The van der Waals surface area contributed by atoms with Crippen LogP contribution in [-0.2, 0) is 4.79 Å². The molecule has 0 atom stereocenters. The third kappa shape index (κ3) is 3.52. The largest absolute Gasteiger partial charge is 0.370 e. The Labute approximate surface area is 54.1 Å². The summed E-state index contributed by atoms with van der Waals surface area (Å²) in [6.07, 6.45) is 0. The van der Waals surface area contributed by atoms with Crippen LogP contribution in [0.5, 0.6) is 0 Å². The minimum atomic E-state index is -0.0785. The molecule has 52 valence electrons. The monoisotopic (exact) mass is 129 g/mol. The maximum atomic E-state index is 10.4. The molecule has 0 unspecified atom stereocenters. The van der Waals surface area contributed by atoms with Gasteiger partial charge in [-0.3, -0.25) is 10.2 Å². The van der Waals surface area contributed by atoms with Gasteiger partial charge in [-0.25, -0.2) is 0 Å². The predicted molar refractivity (Wildman–Crippen MR) is 35.2 cm³/mol. The lowest BCUT2D eigenvalue weighted by Crippen LogP contribution is -2.35. The number of ketones is 1. The third-order valence-corrected chi connectivity index (χ3v) is 0.871. The molecule has 0 saturated carbocycles. The van der Waals surface area contributed by atoms with Crippen molar-refractivity contribution < 1.29 is 4.79 Å². The highest BCUT2D eigenvalue weighted by Crippen LogP contribution is 1.78. The van der Waals surface area contributed by atoms with Gasteiger partial charge in [0.1, 0.15) is 5.78 Å². The van der Waals surface area contributed by atoms with E-state index in [9.17, 15) is 4.79 Å². The average molecular weight is 129 g/mol. The van der Waals surface area contributed by atoms with E-state index >= 15 is 0 Å². The Bertz CT molecular complexity index is 132. The molecule has 0 aromatic heterocycles. The van der Waals surface area contributed by atoms with Gasteiger partial charge in [-0.1, -0.05) is 0 Å². The topological polar surface area (TPSA) is 70.2 Å². The molecule has 0 fully saturated rings. The highest BCUT2D eigenvalue weighted by atomic mass is 16.1. The van der Waals surface area contributed by atoms with Gasteiger partial charge >= 0.3 is 0 Å². The first-order valence-corrected chi connectivity index (χ1v) is 2.58. The Morgan fingerprint density at radius 2 is 2.22 bits per heavy atom. The van der Waals surface area contributed by atoms with Crippen LogP contribution in [0.2, 0.25) is 0 Å². The van der Waals surface area contributed by atoms with Crippen molar-refractivity contribution in [2.24, 2.45) is 5.73 Å². The van der Waals surface area contributed by atoms with Crippen molar-refractivity contribution in [1.82, 2.24) is 4.90 Å². The Morgan fingerprint density at radius 3 is 2.33 bits per heavy atom. The summed E-state index contributed by atoms with van der Waals surface area (Å²) in [5, 5.41) is 6.85. The van der Waals surface area contributed by atoms with E-state index < -0.39 is 0 Å². The van der Waals surface area contributed by atoms with Gasteiger partial charge in [0.05, 0.1) is 6.54 Å². The van der Waals surface area contributed by atoms with Crippen LogP contribution in [0.3, 0.4) is 0 Å². The smallest absolute Gasteiger partial charge is 0.188 e. The highest BCUT2D eigenvalue weighted by molar-refractivity contribution is 5.83. The van der Waals surface area contributed by atoms with Crippen LogP contribution in [0.25, 0.3) is 0 Å². The van der Waals surface area contributed by atoms with Gasteiger partial charge in [-0.05, 0) is 6.92 Å². The zero-order valence-electron chi connectivity index (χ0n) is 5.64. The van der Waals surface area contributed by atoms with Crippen molar-refractivity contribution in [3.63, 3.8) is 0 Å². The number of likely N-dealkylation sites (N-methyl/N-ethyl adjacent to an activating group) is 1. The Morgan fingerprint density at radius 1 is 1.78 bits per heavy atom. The fraction of sp³-hybridized carbons (Fsp3) is 0.600. The van der Waals surface area contributed by atoms with Gasteiger partial charge in [0.25, 0.3) is 0 Å². The van der Waals surface area contributed by atoms with E-state index in [2.05, 4.69) is 0 Å². The van der Waals surface area contributed by atoms with Gasteiger partial charge < -0.3 is 10.6 Å². The molecule has 4 nitrogen and oxygen atoms in total. The molecule has 0 aliphatic heterocycles. The molecule has 4 heteroatoms. The SMILES string of the molecule is CC(=O)CN(C)C(=N)N. The highest BCUT2D eigenvalue weighted by Gasteiger charge is 2.00. The van der Waals surface area contributed by atoms with E-state index in [1.165, 1.54) is 11.8 Å². The second-order valence-corrected chi connectivity index (χ2v) is 1.94. The molecule has 0 aliphatic rings. The molecule has 0 saturated heterocycles. The van der Waals surface area contributed by atoms with Crippen LogP contribution in [0.1, 0.15) is 6.92 Å². The number of nitrogens with one attached hydrogen (secondary N) is 1. The van der Waals surface area contributed by atoms with Crippen molar-refractivity contribution >= 4 is 11.7 Å². The van der Waals surface area contributed by atoms with Gasteiger partial charge in [-0.2, -0.15) is 0 Å². The fourth-order valence-corrected chi connectivity index (χ4v) is 0.419. The molecule has 0 aromatic rings. The van der Waals surface area contributed by atoms with E-state index in [-0.39, 0.29) is 18.3 Å². The van der Waals surface area contributed by atoms with E-state index in [4.69, 9.17) is 11.1 Å². The van der Waals surface area contributed by atoms with Crippen LogP contribution in [-0.4, -0.2) is 30.2 Å². The molecule has 0 amide bonds. The lowest BCUT2D eigenvalue weighted by molar-refractivity contribution is -0.117. The zero-order valence-corrected chi connectivity index (χ0v) is 5.64. The molecule has 3 N–H and O–H groups in total. The fourth-order valence-electron chi connectivity index (χ4n) is 0.419. The first kappa shape index (κ1) is 7.94. The number of rotatable bonds is 2. The van der Waals surface area contributed by atoms with E-state index in [0.717, 1.165) is 0 Å². The molecule has 0 aliphatic carbocycles. The van der Waals surface area contributed by atoms with Crippen LogP contribution < -0.4 is 5.73 Å². The number of carbonyl (C=O) groups is 1. The summed E-state index contributed by atoms with van der Waals surface area (Å²) >= 11 is 0. The number of hydrogen-bond acceptors (Lipinski definition) is 2. The molecular weight excluding hydrogens is 118 g/mol. The maximum Gasteiger partial charge on any atom is 0.188 e. The first-order valence-electron chi connectivity index (χ1n) is 2.58. The van der Waals surface area contributed by atoms with E-state index in [0.29, 0.717) is 0 Å². The van der Waals surface area contributed by atoms with Gasteiger partial charge in [0, 0.05) is 7.05 Å². The molecule has 0 spiro atoms. The Hall–Kier alpha value is -1.06. The second kappa shape index (κ2) is 3.06. The standard InChI is InChI=1S/C5H11N3O/c1-4(9)3-8(2)5(6)7/h3H2,1-2H3,(H3,6,7). The summed E-state index contributed by atoms with van der Waals surface area (Å²) in [5.41, 5.74) is 5.04. The normalized spacial score (nSPS) is 8.67. The summed E-state index contributed by atoms with van der Waals surface area (Å²) in [7, 11) is 1.60. The third-order valence-electron chi connectivity index (χ3n) is 0.871. The zero-order chi connectivity index (χ0) is 7.44. The number of guanidine groups is 1. The van der Waals surface area contributed by atoms with Gasteiger partial charge in [0.2, 0.25) is 0 Å². The summed E-state index contributed by atoms with van der Waals surface area (Å²) in [6, 6.07) is 0. The number of Topliss-reactive ketones (excluding diaryl/α,β-unsaturated/α-hetero) is 1. The number of hydrogen-bond donors (Lipinski definition) is 2. The van der Waals surface area contributed by atoms with Crippen molar-refractivity contribution in [2.45, 2.75) is 6.92 Å². The van der Waals surface area contributed by atoms with Crippen molar-refractivity contribution in [1.29, 1.82) is 5.41 Å². The first-order chi connectivity index (χ1) is 4.04. The number of nitrogens with two attached hydrogens (primary N) is 1. The van der Waals surface area contributed by atoms with Gasteiger partial charge in [0.15, 0.2) is 5.96 Å². The second-order valence-electron chi connectivity index (χ2n) is 1.94. The minimum Gasteiger partial charge on any atom is -0.370 e. The lowest BCUT2D eigenvalue weighted by Gasteiger charge is -2.13. The lowest BCUT2D eigenvalue weighted by atomic mass is 10.4. The van der Waals surface area contributed by atoms with Crippen molar-refractivity contribution in [2.75, 3.05) is 13.6 Å². The summed E-state index contributed by atoms with van der Waals surface area (Å²) in [6.45, 7) is 1.68. The Balaban J connectivity index is 3.63. The Kier molecular flexibility index (Phi) is 2.70. The van der Waals surface area contributed by atoms with E-state index in [1.807, 2.05) is 0 Å². The van der Waals surface area contributed by atoms with Crippen molar-refractivity contribution in [3.8, 4) is 0 Å². The number of nitrogens with zero attached hydrogens (tertiary/aromatic N) is 1. The van der Waals surface area contributed by atoms with Gasteiger partial charge in [-0.15, -0.1) is 0 Å². The quantitative estimate of drug-likeness (QED) is 0.386. The average Bonchev–Trinajstić information content (AvgIpc) is 1.63. The van der Waals surface area contributed by atoms with Crippen LogP contribution in [0, 0.1) is 5.41 Å². The maximum absolute atomic E-state index is 10.4. The molecule has 0 heterocycles. The summed E-state index contributed by atoms with van der Waals surface area (Å²) < 4.78 is 0. The molecule has 0 rings (SSSR count). The van der Waals surface area contributed by atoms with E-state index in [1.54, 1.807) is 7.05 Å². The molecule has 0 radical (unpaired) electrons. The predicted octanol–water partition coefficient (Wildman–Crippen LogP) is -0.599. The molecule has 9 heavy (non-hydrogen) atoms. The minimum absolute atomic E-state index is 0.00713. The molecular formula is C5H11N3O. The summed E-state index contributed by atoms with van der Waals surface area (Å²) in [5.74, 6) is -0.0714. The van der Waals surface area contributed by atoms with Crippen LogP contribution >= 0.6 is 0 Å².